The Hall–Kier alpha value is -2.07. The summed E-state index contributed by atoms with van der Waals surface area (Å²) in [6, 6.07) is 11.1. The Kier molecular flexibility index (Phi) is 4.25. The summed E-state index contributed by atoms with van der Waals surface area (Å²) in [7, 11) is 0. The minimum Gasteiger partial charge on any atom is -0.469 e. The van der Waals surface area contributed by atoms with E-state index in [0.717, 1.165) is 5.56 Å². The Bertz CT molecular complexity index is 576. The highest BCUT2D eigenvalue weighted by molar-refractivity contribution is 5.95. The number of aliphatic hydroxyl groups is 1. The van der Waals surface area contributed by atoms with Gasteiger partial charge in [-0.1, -0.05) is 37.3 Å². The highest BCUT2D eigenvalue weighted by Crippen LogP contribution is 2.21. The molecule has 0 saturated carbocycles. The van der Waals surface area contributed by atoms with Crippen LogP contribution in [0.25, 0.3) is 0 Å². The largest absolute Gasteiger partial charge is 0.469 e. The molecule has 4 nitrogen and oxygen atoms in total. The van der Waals surface area contributed by atoms with Crippen molar-refractivity contribution in [3.63, 3.8) is 0 Å². The average molecular weight is 273 g/mol. The fourth-order valence-electron chi connectivity index (χ4n) is 2.14. The van der Waals surface area contributed by atoms with Gasteiger partial charge in [0.1, 0.15) is 5.76 Å². The number of furan rings is 1. The van der Waals surface area contributed by atoms with Gasteiger partial charge in [0, 0.05) is 6.42 Å². The van der Waals surface area contributed by atoms with Gasteiger partial charge in [-0.25, -0.2) is 0 Å². The van der Waals surface area contributed by atoms with Gasteiger partial charge in [0.15, 0.2) is 0 Å². The number of carbonyl (C=O) groups is 1. The molecule has 0 radical (unpaired) electrons. The van der Waals surface area contributed by atoms with Crippen molar-refractivity contribution in [3.8, 4) is 0 Å². The van der Waals surface area contributed by atoms with Crippen molar-refractivity contribution in [1.82, 2.24) is 5.32 Å². The van der Waals surface area contributed by atoms with Gasteiger partial charge in [0.05, 0.1) is 24.0 Å². The van der Waals surface area contributed by atoms with E-state index >= 15 is 0 Å². The average Bonchev–Trinajstić information content (AvgIpc) is 2.96. The zero-order chi connectivity index (χ0) is 14.6. The third-order valence-corrected chi connectivity index (χ3v) is 3.43. The highest BCUT2D eigenvalue weighted by Gasteiger charge is 2.29. The molecule has 1 atom stereocenters. The first-order valence-electron chi connectivity index (χ1n) is 6.66. The molecule has 2 N–H and O–H groups in total. The summed E-state index contributed by atoms with van der Waals surface area (Å²) in [6.45, 7) is 3.55. The van der Waals surface area contributed by atoms with Crippen LogP contribution in [0.4, 0.5) is 0 Å². The number of hydrogen-bond donors (Lipinski definition) is 2. The number of carbonyl (C=O) groups excluding carboxylic acids is 1. The van der Waals surface area contributed by atoms with Crippen LogP contribution in [0.2, 0.25) is 0 Å². The van der Waals surface area contributed by atoms with Crippen LogP contribution in [-0.4, -0.2) is 17.6 Å². The van der Waals surface area contributed by atoms with Crippen LogP contribution in [0.5, 0.6) is 0 Å². The van der Waals surface area contributed by atoms with E-state index in [-0.39, 0.29) is 12.5 Å². The zero-order valence-corrected chi connectivity index (χ0v) is 11.7. The highest BCUT2D eigenvalue weighted by atomic mass is 16.3. The third-order valence-electron chi connectivity index (χ3n) is 3.43. The second-order valence-electron chi connectivity index (χ2n) is 4.92. The van der Waals surface area contributed by atoms with E-state index in [2.05, 4.69) is 5.32 Å². The van der Waals surface area contributed by atoms with Crippen molar-refractivity contribution in [2.45, 2.75) is 25.8 Å². The molecule has 1 aromatic heterocycles. The Balaban J connectivity index is 2.24. The van der Waals surface area contributed by atoms with Crippen LogP contribution in [-0.2, 0) is 12.0 Å². The van der Waals surface area contributed by atoms with Crippen LogP contribution in [0.15, 0.2) is 47.1 Å². The normalized spacial score (nSPS) is 13.8. The van der Waals surface area contributed by atoms with Crippen molar-refractivity contribution in [2.24, 2.45) is 0 Å². The molecule has 1 amide bonds. The van der Waals surface area contributed by atoms with E-state index in [1.54, 1.807) is 13.0 Å². The predicted octanol–water partition coefficient (Wildman–Crippen LogP) is 2.48. The summed E-state index contributed by atoms with van der Waals surface area (Å²) in [6.07, 6.45) is 2.16. The number of hydrogen-bond acceptors (Lipinski definition) is 3. The molecule has 1 heterocycles. The van der Waals surface area contributed by atoms with Gasteiger partial charge in [0.25, 0.3) is 5.91 Å². The lowest BCUT2D eigenvalue weighted by molar-refractivity contribution is 0.0847. The maximum Gasteiger partial charge on any atom is 0.255 e. The van der Waals surface area contributed by atoms with E-state index in [4.69, 9.17) is 4.42 Å². The Morgan fingerprint density at radius 1 is 1.30 bits per heavy atom. The number of benzene rings is 1. The molecule has 4 heteroatoms. The summed E-state index contributed by atoms with van der Waals surface area (Å²) in [5, 5.41) is 12.6. The Labute approximate surface area is 118 Å². The van der Waals surface area contributed by atoms with Gasteiger partial charge in [-0.2, -0.15) is 0 Å². The lowest BCUT2D eigenvalue weighted by Crippen LogP contribution is -2.46. The van der Waals surface area contributed by atoms with Crippen LogP contribution >= 0.6 is 0 Å². The first-order chi connectivity index (χ1) is 9.60. The molecule has 1 aromatic carbocycles. The molecular formula is C16H19NO3. The second-order valence-corrected chi connectivity index (χ2v) is 4.92. The fourth-order valence-corrected chi connectivity index (χ4v) is 2.14. The molecule has 2 rings (SSSR count). The molecule has 1 unspecified atom stereocenters. The van der Waals surface area contributed by atoms with Gasteiger partial charge in [0.2, 0.25) is 0 Å². The lowest BCUT2D eigenvalue weighted by atomic mass is 9.92. The van der Waals surface area contributed by atoms with Gasteiger partial charge in [-0.15, -0.1) is 0 Å². The molecule has 0 aliphatic carbocycles. The van der Waals surface area contributed by atoms with Crippen molar-refractivity contribution < 1.29 is 14.3 Å². The van der Waals surface area contributed by atoms with Crippen LogP contribution < -0.4 is 5.32 Å². The summed E-state index contributed by atoms with van der Waals surface area (Å²) in [5.74, 6) is 0.409. The molecule has 0 spiro atoms. The molecule has 20 heavy (non-hydrogen) atoms. The topological polar surface area (TPSA) is 62.5 Å². The van der Waals surface area contributed by atoms with Gasteiger partial charge in [-0.05, 0) is 18.6 Å². The van der Waals surface area contributed by atoms with Crippen LogP contribution in [0, 0.1) is 0 Å². The smallest absolute Gasteiger partial charge is 0.255 e. The maximum atomic E-state index is 12.4. The zero-order valence-electron chi connectivity index (χ0n) is 11.7. The third kappa shape index (κ3) is 2.75. The molecule has 106 valence electrons. The molecule has 0 aliphatic rings. The Morgan fingerprint density at radius 2 is 2.00 bits per heavy atom. The van der Waals surface area contributed by atoms with Gasteiger partial charge < -0.3 is 14.8 Å². The first kappa shape index (κ1) is 14.3. The lowest BCUT2D eigenvalue weighted by Gasteiger charge is -2.29. The first-order valence-corrected chi connectivity index (χ1v) is 6.66. The predicted molar refractivity (Wildman–Crippen MR) is 76.4 cm³/mol. The van der Waals surface area contributed by atoms with E-state index < -0.39 is 5.54 Å². The molecule has 0 saturated heterocycles. The van der Waals surface area contributed by atoms with Crippen LogP contribution in [0.1, 0.15) is 35.5 Å². The van der Waals surface area contributed by atoms with E-state index in [1.807, 2.05) is 37.3 Å². The second kappa shape index (κ2) is 5.92. The van der Waals surface area contributed by atoms with Gasteiger partial charge in [-0.3, -0.25) is 4.79 Å². The minimum atomic E-state index is -0.819. The number of rotatable bonds is 5. The summed E-state index contributed by atoms with van der Waals surface area (Å²) < 4.78 is 5.27. The summed E-state index contributed by atoms with van der Waals surface area (Å²) in [4.78, 5) is 12.4. The quantitative estimate of drug-likeness (QED) is 0.879. The van der Waals surface area contributed by atoms with E-state index in [0.29, 0.717) is 17.7 Å². The van der Waals surface area contributed by atoms with E-state index in [1.165, 1.54) is 6.26 Å². The number of amides is 1. The van der Waals surface area contributed by atoms with Gasteiger partial charge >= 0.3 is 0 Å². The van der Waals surface area contributed by atoms with Crippen LogP contribution in [0.3, 0.4) is 0 Å². The molecule has 2 aromatic rings. The number of aryl methyl sites for hydroxylation is 1. The molecular weight excluding hydrogens is 254 g/mol. The summed E-state index contributed by atoms with van der Waals surface area (Å²) >= 11 is 0. The molecule has 0 aliphatic heterocycles. The molecule has 0 bridgehead atoms. The van der Waals surface area contributed by atoms with E-state index in [9.17, 15) is 9.90 Å². The minimum absolute atomic E-state index is 0.179. The summed E-state index contributed by atoms with van der Waals surface area (Å²) in [5.41, 5.74) is 0.557. The van der Waals surface area contributed by atoms with Crippen molar-refractivity contribution in [1.29, 1.82) is 0 Å². The fraction of sp³-hybridized carbons (Fsp3) is 0.312. The van der Waals surface area contributed by atoms with Crippen molar-refractivity contribution >= 4 is 5.91 Å². The maximum absolute atomic E-state index is 12.4. The van der Waals surface area contributed by atoms with Crippen molar-refractivity contribution in [3.05, 3.63) is 59.5 Å². The molecule has 0 fully saturated rings. The SMILES string of the molecule is CCc1occc1C(=O)NC(C)(CO)c1ccccc1. The monoisotopic (exact) mass is 273 g/mol. The number of nitrogens with one attached hydrogen (secondary N) is 1. The number of aliphatic hydroxyl groups excluding tert-OH is 1. The van der Waals surface area contributed by atoms with Crippen molar-refractivity contribution in [2.75, 3.05) is 6.61 Å². The Morgan fingerprint density at radius 3 is 2.60 bits per heavy atom. The standard InChI is InChI=1S/C16H19NO3/c1-3-14-13(9-10-20-14)15(19)17-16(2,11-18)12-7-5-4-6-8-12/h4-10,18H,3,11H2,1-2H3,(H,17,19).